The fourth-order valence-electron chi connectivity index (χ4n) is 2.47. The molecule has 5 nitrogen and oxygen atoms in total. The van der Waals surface area contributed by atoms with Gasteiger partial charge in [-0.25, -0.2) is 9.97 Å². The van der Waals surface area contributed by atoms with Crippen molar-refractivity contribution in [2.24, 2.45) is 0 Å². The van der Waals surface area contributed by atoms with Gasteiger partial charge in [0, 0.05) is 36.2 Å². The molecule has 0 saturated heterocycles. The third-order valence-corrected chi connectivity index (χ3v) is 4.14. The van der Waals surface area contributed by atoms with Gasteiger partial charge in [-0.05, 0) is 36.8 Å². The van der Waals surface area contributed by atoms with E-state index in [1.54, 1.807) is 36.7 Å². The average molecular weight is 367 g/mol. The van der Waals surface area contributed by atoms with Gasteiger partial charge in [0.2, 0.25) is 5.95 Å². The summed E-state index contributed by atoms with van der Waals surface area (Å²) in [5, 5.41) is 3.42. The predicted molar refractivity (Wildman–Crippen MR) is 105 cm³/mol. The van der Waals surface area contributed by atoms with Crippen LogP contribution in [0, 0.1) is 0 Å². The van der Waals surface area contributed by atoms with Crippen molar-refractivity contribution >= 4 is 29.1 Å². The molecule has 6 heteroatoms. The summed E-state index contributed by atoms with van der Waals surface area (Å²) in [5.41, 5.74) is 2.25. The first-order valence-electron chi connectivity index (χ1n) is 8.33. The molecule has 3 aromatic rings. The second-order valence-electron chi connectivity index (χ2n) is 5.73. The Morgan fingerprint density at radius 2 is 1.69 bits per heavy atom. The Morgan fingerprint density at radius 3 is 2.31 bits per heavy atom. The standard InChI is InChI=1S/C20H19ClN4O/c1-2-25(14-15-6-4-3-5-7-15)20-22-12-16(13-23-20)19(26)24-18-10-8-17(21)9-11-18/h3-13H,2,14H2,1H3,(H,24,26). The molecule has 3 rings (SSSR count). The molecule has 1 N–H and O–H groups in total. The van der Waals surface area contributed by atoms with Gasteiger partial charge in [0.05, 0.1) is 5.56 Å². The first-order chi connectivity index (χ1) is 12.7. The summed E-state index contributed by atoms with van der Waals surface area (Å²) >= 11 is 5.85. The van der Waals surface area contributed by atoms with Crippen LogP contribution in [0.15, 0.2) is 67.0 Å². The van der Waals surface area contributed by atoms with Gasteiger partial charge in [0.1, 0.15) is 0 Å². The van der Waals surface area contributed by atoms with Crippen molar-refractivity contribution in [1.29, 1.82) is 0 Å². The third-order valence-electron chi connectivity index (χ3n) is 3.88. The molecular formula is C20H19ClN4O. The minimum atomic E-state index is -0.259. The number of nitrogens with one attached hydrogen (secondary N) is 1. The monoisotopic (exact) mass is 366 g/mol. The Kier molecular flexibility index (Phi) is 5.81. The molecule has 0 bridgehead atoms. The number of amides is 1. The van der Waals surface area contributed by atoms with Crippen LogP contribution in [0.1, 0.15) is 22.8 Å². The van der Waals surface area contributed by atoms with Gasteiger partial charge in [0.25, 0.3) is 5.91 Å². The van der Waals surface area contributed by atoms with Gasteiger partial charge >= 0.3 is 0 Å². The van der Waals surface area contributed by atoms with Crippen LogP contribution < -0.4 is 10.2 Å². The second-order valence-corrected chi connectivity index (χ2v) is 6.17. The van der Waals surface area contributed by atoms with Crippen molar-refractivity contribution in [1.82, 2.24) is 9.97 Å². The van der Waals surface area contributed by atoms with Crippen LogP contribution in [0.2, 0.25) is 5.02 Å². The summed E-state index contributed by atoms with van der Waals surface area (Å²) in [6, 6.07) is 17.1. The highest BCUT2D eigenvalue weighted by atomic mass is 35.5. The summed E-state index contributed by atoms with van der Waals surface area (Å²) in [5.74, 6) is 0.337. The van der Waals surface area contributed by atoms with E-state index >= 15 is 0 Å². The molecule has 1 heterocycles. The maximum atomic E-state index is 12.3. The van der Waals surface area contributed by atoms with Crippen molar-refractivity contribution in [3.63, 3.8) is 0 Å². The highest BCUT2D eigenvalue weighted by Crippen LogP contribution is 2.15. The topological polar surface area (TPSA) is 58.1 Å². The van der Waals surface area contributed by atoms with Gasteiger partial charge < -0.3 is 10.2 Å². The molecule has 0 saturated carbocycles. The lowest BCUT2D eigenvalue weighted by molar-refractivity contribution is 0.102. The SMILES string of the molecule is CCN(Cc1ccccc1)c1ncc(C(=O)Nc2ccc(Cl)cc2)cn1. The molecule has 0 unspecified atom stereocenters. The molecule has 2 aromatic carbocycles. The molecule has 26 heavy (non-hydrogen) atoms. The van der Waals surface area contributed by atoms with E-state index in [1.807, 2.05) is 25.1 Å². The van der Waals surface area contributed by atoms with E-state index in [1.165, 1.54) is 5.56 Å². The Labute approximate surface area is 157 Å². The molecule has 132 valence electrons. The number of halogens is 1. The number of carbonyl (C=O) groups excluding carboxylic acids is 1. The number of aromatic nitrogens is 2. The lowest BCUT2D eigenvalue weighted by atomic mass is 10.2. The molecule has 0 radical (unpaired) electrons. The van der Waals surface area contributed by atoms with Crippen molar-refractivity contribution in [2.75, 3.05) is 16.8 Å². The maximum Gasteiger partial charge on any atom is 0.258 e. The summed E-state index contributed by atoms with van der Waals surface area (Å²) < 4.78 is 0. The summed E-state index contributed by atoms with van der Waals surface area (Å²) in [7, 11) is 0. The number of carbonyl (C=O) groups is 1. The van der Waals surface area contributed by atoms with E-state index in [0.717, 1.165) is 6.54 Å². The number of hydrogen-bond donors (Lipinski definition) is 1. The normalized spacial score (nSPS) is 10.4. The molecule has 1 aromatic heterocycles. The number of benzene rings is 2. The Morgan fingerprint density at radius 1 is 1.04 bits per heavy atom. The molecule has 0 aliphatic rings. The molecule has 1 amide bonds. The first-order valence-corrected chi connectivity index (χ1v) is 8.71. The van der Waals surface area contributed by atoms with Crippen LogP contribution >= 0.6 is 11.6 Å². The lowest BCUT2D eigenvalue weighted by Crippen LogP contribution is -2.24. The van der Waals surface area contributed by atoms with Crippen LogP contribution in [0.3, 0.4) is 0 Å². The highest BCUT2D eigenvalue weighted by Gasteiger charge is 2.11. The average Bonchev–Trinajstić information content (AvgIpc) is 2.69. The van der Waals surface area contributed by atoms with E-state index < -0.39 is 0 Å². The number of rotatable bonds is 6. The van der Waals surface area contributed by atoms with E-state index in [0.29, 0.717) is 28.8 Å². The minimum Gasteiger partial charge on any atom is -0.337 e. The predicted octanol–water partition coefficient (Wildman–Crippen LogP) is 4.41. The Bertz CT molecular complexity index is 851. The summed E-state index contributed by atoms with van der Waals surface area (Å²) in [4.78, 5) is 23.1. The van der Waals surface area contributed by atoms with Gasteiger partial charge in [-0.15, -0.1) is 0 Å². The molecule has 0 atom stereocenters. The summed E-state index contributed by atoms with van der Waals surface area (Å²) in [6.07, 6.45) is 3.09. The van der Waals surface area contributed by atoms with Crippen LogP contribution in [-0.4, -0.2) is 22.4 Å². The zero-order valence-corrected chi connectivity index (χ0v) is 15.1. The molecular weight excluding hydrogens is 348 g/mol. The molecule has 0 aliphatic carbocycles. The Hall–Kier alpha value is -2.92. The van der Waals surface area contributed by atoms with E-state index in [-0.39, 0.29) is 5.91 Å². The number of nitrogens with zero attached hydrogens (tertiary/aromatic N) is 3. The first kappa shape index (κ1) is 17.9. The van der Waals surface area contributed by atoms with Crippen molar-refractivity contribution < 1.29 is 4.79 Å². The highest BCUT2D eigenvalue weighted by molar-refractivity contribution is 6.30. The third kappa shape index (κ3) is 4.58. The maximum absolute atomic E-state index is 12.3. The number of hydrogen-bond acceptors (Lipinski definition) is 4. The zero-order chi connectivity index (χ0) is 18.4. The smallest absolute Gasteiger partial charge is 0.258 e. The van der Waals surface area contributed by atoms with Crippen LogP contribution in [-0.2, 0) is 6.54 Å². The molecule has 0 aliphatic heterocycles. The van der Waals surface area contributed by atoms with Crippen LogP contribution in [0.25, 0.3) is 0 Å². The van der Waals surface area contributed by atoms with Crippen molar-refractivity contribution in [3.8, 4) is 0 Å². The van der Waals surface area contributed by atoms with E-state index in [4.69, 9.17) is 11.6 Å². The molecule has 0 fully saturated rings. The quantitative estimate of drug-likeness (QED) is 0.702. The zero-order valence-electron chi connectivity index (χ0n) is 14.4. The fourth-order valence-corrected chi connectivity index (χ4v) is 2.59. The number of anilines is 2. The van der Waals surface area contributed by atoms with Crippen LogP contribution in [0.5, 0.6) is 0 Å². The Balaban J connectivity index is 1.68. The largest absolute Gasteiger partial charge is 0.337 e. The summed E-state index contributed by atoms with van der Waals surface area (Å²) in [6.45, 7) is 3.53. The lowest BCUT2D eigenvalue weighted by Gasteiger charge is -2.20. The van der Waals surface area contributed by atoms with Crippen molar-refractivity contribution in [2.45, 2.75) is 13.5 Å². The van der Waals surface area contributed by atoms with Crippen molar-refractivity contribution in [3.05, 3.63) is 83.1 Å². The van der Waals surface area contributed by atoms with Gasteiger partial charge in [-0.1, -0.05) is 41.9 Å². The second kappa shape index (κ2) is 8.45. The van der Waals surface area contributed by atoms with Gasteiger partial charge in [-0.2, -0.15) is 0 Å². The van der Waals surface area contributed by atoms with E-state index in [9.17, 15) is 4.79 Å². The van der Waals surface area contributed by atoms with Crippen LogP contribution in [0.4, 0.5) is 11.6 Å². The molecule has 0 spiro atoms. The van der Waals surface area contributed by atoms with Gasteiger partial charge in [-0.3, -0.25) is 4.79 Å². The minimum absolute atomic E-state index is 0.259. The fraction of sp³-hybridized carbons (Fsp3) is 0.150. The van der Waals surface area contributed by atoms with E-state index in [2.05, 4.69) is 32.3 Å². The van der Waals surface area contributed by atoms with Gasteiger partial charge in [0.15, 0.2) is 0 Å².